The normalized spacial score (nSPS) is 19.6. The Morgan fingerprint density at radius 2 is 2.11 bits per heavy atom. The van der Waals surface area contributed by atoms with Crippen molar-refractivity contribution in [2.45, 2.75) is 25.8 Å². The van der Waals surface area contributed by atoms with E-state index in [0.29, 0.717) is 0 Å². The van der Waals surface area contributed by atoms with E-state index in [0.717, 1.165) is 31.7 Å². The maximum absolute atomic E-state index is 5.98. The fourth-order valence-electron chi connectivity index (χ4n) is 2.32. The first kappa shape index (κ1) is 13.3. The molecule has 100 valence electrons. The minimum Gasteiger partial charge on any atom is -0.369 e. The predicted octanol–water partition coefficient (Wildman–Crippen LogP) is 1.63. The van der Waals surface area contributed by atoms with Gasteiger partial charge in [-0.2, -0.15) is 0 Å². The molecule has 4 nitrogen and oxygen atoms in total. The van der Waals surface area contributed by atoms with E-state index >= 15 is 0 Å². The molecule has 2 rings (SSSR count). The molecule has 0 spiro atoms. The average Bonchev–Trinajstić information content (AvgIpc) is 2.63. The van der Waals surface area contributed by atoms with Crippen molar-refractivity contribution in [3.05, 3.63) is 24.0 Å². The first-order valence-corrected chi connectivity index (χ1v) is 6.85. The van der Waals surface area contributed by atoms with Crippen LogP contribution in [0.4, 0.5) is 5.69 Å². The number of pyridine rings is 1. The molecule has 1 aromatic rings. The lowest BCUT2D eigenvalue weighted by Crippen LogP contribution is -2.28. The van der Waals surface area contributed by atoms with Gasteiger partial charge < -0.3 is 15.5 Å². The number of hydrogen-bond donors (Lipinski definition) is 1. The smallest absolute Gasteiger partial charge is 0.0572 e. The fraction of sp³-hybridized carbons (Fsp3) is 0.643. The highest BCUT2D eigenvalue weighted by atomic mass is 15.2. The second-order valence-electron chi connectivity index (χ2n) is 5.10. The Kier molecular flexibility index (Phi) is 4.55. The van der Waals surface area contributed by atoms with Crippen molar-refractivity contribution < 1.29 is 0 Å². The summed E-state index contributed by atoms with van der Waals surface area (Å²) in [6.45, 7) is 6.59. The van der Waals surface area contributed by atoms with Crippen molar-refractivity contribution in [1.82, 2.24) is 9.88 Å². The van der Waals surface area contributed by atoms with Gasteiger partial charge in [0.1, 0.15) is 0 Å². The molecule has 2 N–H and O–H groups in total. The summed E-state index contributed by atoms with van der Waals surface area (Å²) in [7, 11) is 2.19. The molecular formula is C14H24N4. The Morgan fingerprint density at radius 1 is 1.28 bits per heavy atom. The Balaban J connectivity index is 2.04. The number of nitrogens with zero attached hydrogens (tertiary/aromatic N) is 3. The summed E-state index contributed by atoms with van der Waals surface area (Å²) >= 11 is 0. The number of anilines is 1. The van der Waals surface area contributed by atoms with Crippen LogP contribution in [-0.4, -0.2) is 43.1 Å². The Bertz CT molecular complexity index is 363. The van der Waals surface area contributed by atoms with Gasteiger partial charge in [0.25, 0.3) is 0 Å². The maximum Gasteiger partial charge on any atom is 0.0572 e. The van der Waals surface area contributed by atoms with Crippen LogP contribution in [0.15, 0.2) is 18.3 Å². The molecule has 1 aromatic heterocycles. The summed E-state index contributed by atoms with van der Waals surface area (Å²) in [5, 5.41) is 0. The molecular weight excluding hydrogens is 224 g/mol. The largest absolute Gasteiger partial charge is 0.369 e. The highest BCUT2D eigenvalue weighted by Gasteiger charge is 2.13. The third-order valence-corrected chi connectivity index (χ3v) is 3.68. The average molecular weight is 248 g/mol. The molecule has 1 unspecified atom stereocenters. The Morgan fingerprint density at radius 3 is 2.78 bits per heavy atom. The second-order valence-corrected chi connectivity index (χ2v) is 5.10. The molecule has 0 aliphatic carbocycles. The SMILES string of the molecule is CCC(N)c1ccc(N2CCCN(C)CC2)cn1. The molecule has 0 amide bonds. The predicted molar refractivity (Wildman–Crippen MR) is 75.8 cm³/mol. The third kappa shape index (κ3) is 3.21. The zero-order valence-electron chi connectivity index (χ0n) is 11.5. The summed E-state index contributed by atoms with van der Waals surface area (Å²) in [4.78, 5) is 9.29. The van der Waals surface area contributed by atoms with Gasteiger partial charge in [-0.1, -0.05) is 6.92 Å². The lowest BCUT2D eigenvalue weighted by Gasteiger charge is -2.22. The van der Waals surface area contributed by atoms with Crippen molar-refractivity contribution >= 4 is 5.69 Å². The highest BCUT2D eigenvalue weighted by Crippen LogP contribution is 2.18. The lowest BCUT2D eigenvalue weighted by molar-refractivity contribution is 0.360. The number of likely N-dealkylation sites (N-methyl/N-ethyl adjacent to an activating group) is 1. The molecule has 1 atom stereocenters. The molecule has 1 fully saturated rings. The van der Waals surface area contributed by atoms with Gasteiger partial charge in [-0.05, 0) is 38.6 Å². The first-order chi connectivity index (χ1) is 8.70. The van der Waals surface area contributed by atoms with E-state index in [9.17, 15) is 0 Å². The molecule has 0 saturated carbocycles. The monoisotopic (exact) mass is 248 g/mol. The first-order valence-electron chi connectivity index (χ1n) is 6.85. The molecule has 0 radical (unpaired) electrons. The molecule has 0 bridgehead atoms. The Hall–Kier alpha value is -1.13. The molecule has 1 saturated heterocycles. The van der Waals surface area contributed by atoms with Crippen molar-refractivity contribution in [3.8, 4) is 0 Å². The van der Waals surface area contributed by atoms with E-state index in [-0.39, 0.29) is 6.04 Å². The number of rotatable bonds is 3. The van der Waals surface area contributed by atoms with Crippen LogP contribution < -0.4 is 10.6 Å². The molecule has 4 heteroatoms. The third-order valence-electron chi connectivity index (χ3n) is 3.68. The minimum absolute atomic E-state index is 0.0642. The van der Waals surface area contributed by atoms with Crippen LogP contribution in [0.3, 0.4) is 0 Å². The van der Waals surface area contributed by atoms with Crippen LogP contribution in [0.2, 0.25) is 0 Å². The highest BCUT2D eigenvalue weighted by molar-refractivity contribution is 5.45. The fourth-order valence-corrected chi connectivity index (χ4v) is 2.32. The summed E-state index contributed by atoms with van der Waals surface area (Å²) in [5.41, 5.74) is 8.20. The van der Waals surface area contributed by atoms with Crippen LogP contribution in [0.5, 0.6) is 0 Å². The van der Waals surface area contributed by atoms with Gasteiger partial charge >= 0.3 is 0 Å². The van der Waals surface area contributed by atoms with Crippen LogP contribution >= 0.6 is 0 Å². The summed E-state index contributed by atoms with van der Waals surface area (Å²) in [6, 6.07) is 4.29. The minimum atomic E-state index is 0.0642. The number of aromatic nitrogens is 1. The van der Waals surface area contributed by atoms with E-state index in [2.05, 4.69) is 40.9 Å². The van der Waals surface area contributed by atoms with Gasteiger partial charge in [-0.15, -0.1) is 0 Å². The van der Waals surface area contributed by atoms with Crippen LogP contribution in [0.25, 0.3) is 0 Å². The van der Waals surface area contributed by atoms with E-state index in [1.807, 2.05) is 6.20 Å². The molecule has 1 aliphatic heterocycles. The van der Waals surface area contributed by atoms with Crippen molar-refractivity contribution in [1.29, 1.82) is 0 Å². The number of nitrogens with two attached hydrogens (primary N) is 1. The van der Waals surface area contributed by atoms with E-state index in [1.165, 1.54) is 18.7 Å². The molecule has 2 heterocycles. The van der Waals surface area contributed by atoms with E-state index < -0.39 is 0 Å². The number of hydrogen-bond acceptors (Lipinski definition) is 4. The Labute approximate surface area is 110 Å². The van der Waals surface area contributed by atoms with Gasteiger partial charge in [0.05, 0.1) is 17.6 Å². The van der Waals surface area contributed by atoms with Gasteiger partial charge in [-0.3, -0.25) is 4.98 Å². The van der Waals surface area contributed by atoms with Crippen molar-refractivity contribution in [3.63, 3.8) is 0 Å². The lowest BCUT2D eigenvalue weighted by atomic mass is 10.1. The quantitative estimate of drug-likeness (QED) is 0.883. The molecule has 1 aliphatic rings. The second kappa shape index (κ2) is 6.16. The van der Waals surface area contributed by atoms with Crippen LogP contribution in [0.1, 0.15) is 31.5 Å². The van der Waals surface area contributed by atoms with Gasteiger partial charge in [-0.25, -0.2) is 0 Å². The van der Waals surface area contributed by atoms with Crippen molar-refractivity contribution in [2.75, 3.05) is 38.1 Å². The van der Waals surface area contributed by atoms with Gasteiger partial charge in [0, 0.05) is 25.7 Å². The van der Waals surface area contributed by atoms with Gasteiger partial charge in [0.15, 0.2) is 0 Å². The summed E-state index contributed by atoms with van der Waals surface area (Å²) in [6.07, 6.45) is 4.11. The standard InChI is InChI=1S/C14H24N4/c1-3-13(15)14-6-5-12(11-16-14)18-8-4-7-17(2)9-10-18/h5-6,11,13H,3-4,7-10,15H2,1-2H3. The summed E-state index contributed by atoms with van der Waals surface area (Å²) < 4.78 is 0. The van der Waals surface area contributed by atoms with E-state index in [4.69, 9.17) is 5.73 Å². The summed E-state index contributed by atoms with van der Waals surface area (Å²) in [5.74, 6) is 0. The van der Waals surface area contributed by atoms with Crippen molar-refractivity contribution in [2.24, 2.45) is 5.73 Å². The molecule has 0 aromatic carbocycles. The zero-order chi connectivity index (χ0) is 13.0. The maximum atomic E-state index is 5.98. The molecule has 18 heavy (non-hydrogen) atoms. The van der Waals surface area contributed by atoms with E-state index in [1.54, 1.807) is 0 Å². The van der Waals surface area contributed by atoms with Crippen LogP contribution in [0, 0.1) is 0 Å². The van der Waals surface area contributed by atoms with Gasteiger partial charge in [0.2, 0.25) is 0 Å². The van der Waals surface area contributed by atoms with Crippen LogP contribution in [-0.2, 0) is 0 Å². The zero-order valence-corrected chi connectivity index (χ0v) is 11.5. The topological polar surface area (TPSA) is 45.4 Å².